The van der Waals surface area contributed by atoms with Crippen molar-refractivity contribution in [3.05, 3.63) is 69.7 Å². The van der Waals surface area contributed by atoms with Crippen LogP contribution in [-0.2, 0) is 16.1 Å². The Balaban J connectivity index is 1.59. The number of carbonyl (C=O) groups is 2. The Morgan fingerprint density at radius 3 is 2.37 bits per heavy atom. The second-order valence-electron chi connectivity index (χ2n) is 5.93. The summed E-state index contributed by atoms with van der Waals surface area (Å²) in [5, 5.41) is 7.74. The van der Waals surface area contributed by atoms with Crippen LogP contribution in [0, 0.1) is 0 Å². The molecule has 0 aliphatic rings. The maximum atomic E-state index is 11.8. The van der Waals surface area contributed by atoms with Gasteiger partial charge < -0.3 is 5.32 Å². The fourth-order valence-electron chi connectivity index (χ4n) is 2.29. The Kier molecular flexibility index (Phi) is 8.81. The van der Waals surface area contributed by atoms with Crippen LogP contribution in [0.3, 0.4) is 0 Å². The molecule has 0 radical (unpaired) electrons. The van der Waals surface area contributed by atoms with Crippen LogP contribution in [0.15, 0.2) is 53.6 Å². The number of nitrogens with zero attached hydrogens (tertiary/aromatic N) is 1. The maximum absolute atomic E-state index is 11.8. The lowest BCUT2D eigenvalue weighted by atomic mass is 10.1. The van der Waals surface area contributed by atoms with Crippen molar-refractivity contribution in [2.24, 2.45) is 5.10 Å². The number of hydrogen-bond donors (Lipinski definition) is 2. The largest absolute Gasteiger partial charge is 0.352 e. The molecule has 0 saturated carbocycles. The molecule has 0 spiro atoms. The lowest BCUT2D eigenvalue weighted by molar-refractivity contribution is -0.123. The molecule has 0 heterocycles. The smallest absolute Gasteiger partial charge is 0.240 e. The number of unbranched alkanes of at least 4 members (excludes halogenated alkanes) is 1. The molecule has 0 aliphatic carbocycles. The SMILES string of the molecule is O=C(CCCCC(=O)NN=Cc1ccc(Cl)cc1Cl)NCc1ccccc1. The van der Waals surface area contributed by atoms with E-state index in [2.05, 4.69) is 15.8 Å². The summed E-state index contributed by atoms with van der Waals surface area (Å²) in [7, 11) is 0. The molecule has 2 aromatic rings. The van der Waals surface area contributed by atoms with E-state index < -0.39 is 0 Å². The van der Waals surface area contributed by atoms with E-state index in [1.165, 1.54) is 6.21 Å². The molecule has 0 atom stereocenters. The maximum Gasteiger partial charge on any atom is 0.240 e. The first-order chi connectivity index (χ1) is 13.0. The first-order valence-electron chi connectivity index (χ1n) is 8.62. The van der Waals surface area contributed by atoms with Gasteiger partial charge in [0.25, 0.3) is 0 Å². The molecule has 2 amide bonds. The van der Waals surface area contributed by atoms with E-state index in [-0.39, 0.29) is 11.8 Å². The first-order valence-corrected chi connectivity index (χ1v) is 9.38. The second kappa shape index (κ2) is 11.4. The molecule has 0 bridgehead atoms. The van der Waals surface area contributed by atoms with Crippen molar-refractivity contribution in [3.63, 3.8) is 0 Å². The van der Waals surface area contributed by atoms with Crippen LogP contribution >= 0.6 is 23.2 Å². The molecule has 7 heteroatoms. The van der Waals surface area contributed by atoms with Crippen LogP contribution in [0.4, 0.5) is 0 Å². The predicted octanol–water partition coefficient (Wildman–Crippen LogP) is 4.32. The van der Waals surface area contributed by atoms with Crippen molar-refractivity contribution in [3.8, 4) is 0 Å². The standard InChI is InChI=1S/C20H21Cl2N3O2/c21-17-11-10-16(18(22)12-17)14-24-25-20(27)9-5-4-8-19(26)23-13-15-6-2-1-3-7-15/h1-3,6-7,10-12,14H,4-5,8-9,13H2,(H,23,26)(H,25,27). The number of hydrogen-bond acceptors (Lipinski definition) is 3. The van der Waals surface area contributed by atoms with Crippen LogP contribution < -0.4 is 10.7 Å². The van der Waals surface area contributed by atoms with E-state index in [0.29, 0.717) is 47.8 Å². The third-order valence-electron chi connectivity index (χ3n) is 3.75. The molecule has 0 saturated heterocycles. The fourth-order valence-corrected chi connectivity index (χ4v) is 2.75. The molecular weight excluding hydrogens is 385 g/mol. The summed E-state index contributed by atoms with van der Waals surface area (Å²) in [6.45, 7) is 0.516. The van der Waals surface area contributed by atoms with Gasteiger partial charge in [-0.05, 0) is 30.5 Å². The van der Waals surface area contributed by atoms with Gasteiger partial charge in [0.15, 0.2) is 0 Å². The highest BCUT2D eigenvalue weighted by atomic mass is 35.5. The van der Waals surface area contributed by atoms with E-state index in [1.54, 1.807) is 18.2 Å². The Bertz CT molecular complexity index is 795. The van der Waals surface area contributed by atoms with Gasteiger partial charge in [0, 0.05) is 30.0 Å². The molecule has 5 nitrogen and oxygen atoms in total. The van der Waals surface area contributed by atoms with Crippen LogP contribution in [0.1, 0.15) is 36.8 Å². The third kappa shape index (κ3) is 8.24. The van der Waals surface area contributed by atoms with Gasteiger partial charge in [-0.25, -0.2) is 5.43 Å². The first kappa shape index (κ1) is 20.9. The van der Waals surface area contributed by atoms with Crippen LogP contribution in [0.25, 0.3) is 0 Å². The zero-order chi connectivity index (χ0) is 19.5. The average molecular weight is 406 g/mol. The number of benzene rings is 2. The molecular formula is C20H21Cl2N3O2. The molecule has 0 fully saturated rings. The number of halogens is 2. The molecule has 2 N–H and O–H groups in total. The number of rotatable bonds is 9. The van der Waals surface area contributed by atoms with Crippen LogP contribution in [0.2, 0.25) is 10.0 Å². The Morgan fingerprint density at radius 2 is 1.67 bits per heavy atom. The molecule has 2 aromatic carbocycles. The van der Waals surface area contributed by atoms with E-state index in [4.69, 9.17) is 23.2 Å². The molecule has 0 aromatic heterocycles. The topological polar surface area (TPSA) is 70.6 Å². The highest BCUT2D eigenvalue weighted by Crippen LogP contribution is 2.19. The monoisotopic (exact) mass is 405 g/mol. The van der Waals surface area contributed by atoms with Crippen molar-refractivity contribution in [1.82, 2.24) is 10.7 Å². The van der Waals surface area contributed by atoms with Gasteiger partial charge in [0.2, 0.25) is 11.8 Å². The minimum atomic E-state index is -0.207. The quantitative estimate of drug-likeness (QED) is 0.370. The molecule has 0 aliphatic heterocycles. The number of carbonyl (C=O) groups excluding carboxylic acids is 2. The Morgan fingerprint density at radius 1 is 0.963 bits per heavy atom. The van der Waals surface area contributed by atoms with Crippen LogP contribution in [0.5, 0.6) is 0 Å². The van der Waals surface area contributed by atoms with Gasteiger partial charge in [-0.2, -0.15) is 5.10 Å². The normalized spacial score (nSPS) is 10.7. The van der Waals surface area contributed by atoms with Gasteiger partial charge in [-0.3, -0.25) is 9.59 Å². The van der Waals surface area contributed by atoms with Gasteiger partial charge in [0.1, 0.15) is 0 Å². The zero-order valence-electron chi connectivity index (χ0n) is 14.8. The molecule has 2 rings (SSSR count). The van der Waals surface area contributed by atoms with Gasteiger partial charge in [-0.1, -0.05) is 59.6 Å². The minimum absolute atomic E-state index is 0.0188. The highest BCUT2D eigenvalue weighted by Gasteiger charge is 2.04. The van der Waals surface area contributed by atoms with Crippen molar-refractivity contribution in [1.29, 1.82) is 0 Å². The summed E-state index contributed by atoms with van der Waals surface area (Å²) in [4.78, 5) is 23.5. The highest BCUT2D eigenvalue weighted by molar-refractivity contribution is 6.36. The van der Waals surface area contributed by atoms with E-state index in [1.807, 2.05) is 30.3 Å². The van der Waals surface area contributed by atoms with E-state index in [0.717, 1.165) is 5.56 Å². The van der Waals surface area contributed by atoms with Gasteiger partial charge in [0.05, 0.1) is 11.2 Å². The summed E-state index contributed by atoms with van der Waals surface area (Å²) < 4.78 is 0. The molecule has 142 valence electrons. The molecule has 27 heavy (non-hydrogen) atoms. The predicted molar refractivity (Wildman–Crippen MR) is 109 cm³/mol. The van der Waals surface area contributed by atoms with Crippen molar-refractivity contribution < 1.29 is 9.59 Å². The summed E-state index contributed by atoms with van der Waals surface area (Å²) >= 11 is 11.8. The van der Waals surface area contributed by atoms with Gasteiger partial charge >= 0.3 is 0 Å². The number of amides is 2. The molecule has 0 unspecified atom stereocenters. The second-order valence-corrected chi connectivity index (χ2v) is 6.77. The fraction of sp³-hybridized carbons (Fsp3) is 0.250. The number of nitrogens with one attached hydrogen (secondary N) is 2. The summed E-state index contributed by atoms with van der Waals surface area (Å²) in [5.41, 5.74) is 4.17. The lowest BCUT2D eigenvalue weighted by Crippen LogP contribution is -2.22. The average Bonchev–Trinajstić information content (AvgIpc) is 2.66. The van der Waals surface area contributed by atoms with E-state index in [9.17, 15) is 9.59 Å². The Hall–Kier alpha value is -2.37. The summed E-state index contributed by atoms with van der Waals surface area (Å²) in [5.74, 6) is -0.226. The minimum Gasteiger partial charge on any atom is -0.352 e. The van der Waals surface area contributed by atoms with Crippen LogP contribution in [-0.4, -0.2) is 18.0 Å². The third-order valence-corrected chi connectivity index (χ3v) is 4.31. The van der Waals surface area contributed by atoms with Gasteiger partial charge in [-0.15, -0.1) is 0 Å². The summed E-state index contributed by atoms with van der Waals surface area (Å²) in [6, 6.07) is 14.7. The summed E-state index contributed by atoms with van der Waals surface area (Å²) in [6.07, 6.45) is 3.41. The van der Waals surface area contributed by atoms with Crippen molar-refractivity contribution >= 4 is 41.2 Å². The Labute approximate surface area is 168 Å². The lowest BCUT2D eigenvalue weighted by Gasteiger charge is -2.05. The van der Waals surface area contributed by atoms with Crippen molar-refractivity contribution in [2.75, 3.05) is 0 Å². The number of hydrazone groups is 1. The zero-order valence-corrected chi connectivity index (χ0v) is 16.3. The van der Waals surface area contributed by atoms with Crippen molar-refractivity contribution in [2.45, 2.75) is 32.2 Å². The van der Waals surface area contributed by atoms with E-state index >= 15 is 0 Å².